The molecule has 0 spiro atoms. The fraction of sp³-hybridized carbons (Fsp3) is 0.174. The minimum Gasteiger partial charge on any atom is -0.378 e. The standard InChI is InChI=1S/C23H15ClF6N4O/c1-35-11-13-8-18(33-12-4-5-17(24)16(7-12)23(28,29)30)14-10-32-20(9-19(14)34-13)21-15(22(25,26)27)3-2-6-31-21/h2-10H,11H2,1H3,(H,33,34). The van der Waals surface area contributed by atoms with E-state index in [1.54, 1.807) is 6.07 Å². The maximum absolute atomic E-state index is 13.5. The SMILES string of the molecule is COCc1cc(Nc2ccc(Cl)c(C(F)(F)F)c2)c2cnc(-c3ncccc3C(F)(F)F)cc2n1. The van der Waals surface area contributed by atoms with Gasteiger partial charge in [0.25, 0.3) is 0 Å². The molecule has 0 aliphatic rings. The van der Waals surface area contributed by atoms with Gasteiger partial charge >= 0.3 is 12.4 Å². The molecule has 0 saturated heterocycles. The maximum Gasteiger partial charge on any atom is 0.418 e. The van der Waals surface area contributed by atoms with Crippen molar-refractivity contribution in [3.63, 3.8) is 0 Å². The first kappa shape index (κ1) is 24.7. The third-order valence-corrected chi connectivity index (χ3v) is 5.28. The molecule has 1 N–H and O–H groups in total. The van der Waals surface area contributed by atoms with Crippen LogP contribution in [0.1, 0.15) is 16.8 Å². The Morgan fingerprint density at radius 3 is 2.37 bits per heavy atom. The highest BCUT2D eigenvalue weighted by Crippen LogP contribution is 2.38. The van der Waals surface area contributed by atoms with Gasteiger partial charge < -0.3 is 10.1 Å². The second kappa shape index (κ2) is 9.31. The number of hydrogen-bond donors (Lipinski definition) is 1. The van der Waals surface area contributed by atoms with Crippen molar-refractivity contribution in [3.8, 4) is 11.4 Å². The first-order valence-corrected chi connectivity index (χ1v) is 10.3. The molecule has 5 nitrogen and oxygen atoms in total. The van der Waals surface area contributed by atoms with Crippen molar-refractivity contribution in [2.24, 2.45) is 0 Å². The average Bonchev–Trinajstić information content (AvgIpc) is 2.79. The number of benzene rings is 1. The Morgan fingerprint density at radius 2 is 1.69 bits per heavy atom. The van der Waals surface area contributed by atoms with Gasteiger partial charge in [0.15, 0.2) is 0 Å². The largest absolute Gasteiger partial charge is 0.418 e. The topological polar surface area (TPSA) is 59.9 Å². The van der Waals surface area contributed by atoms with Crippen molar-refractivity contribution in [2.45, 2.75) is 19.0 Å². The summed E-state index contributed by atoms with van der Waals surface area (Å²) in [6.07, 6.45) is -6.81. The molecule has 0 bridgehead atoms. The van der Waals surface area contributed by atoms with Crippen LogP contribution in [-0.4, -0.2) is 22.1 Å². The summed E-state index contributed by atoms with van der Waals surface area (Å²) in [5.41, 5.74) is -1.36. The first-order chi connectivity index (χ1) is 16.5. The van der Waals surface area contributed by atoms with E-state index in [2.05, 4.69) is 20.3 Å². The molecule has 0 aliphatic heterocycles. The lowest BCUT2D eigenvalue weighted by molar-refractivity contribution is -0.138. The summed E-state index contributed by atoms with van der Waals surface area (Å²) < 4.78 is 85.3. The van der Waals surface area contributed by atoms with Crippen LogP contribution in [0.3, 0.4) is 0 Å². The van der Waals surface area contributed by atoms with Crippen molar-refractivity contribution in [3.05, 3.63) is 76.7 Å². The predicted molar refractivity (Wildman–Crippen MR) is 118 cm³/mol. The number of ether oxygens (including phenoxy) is 1. The molecule has 0 atom stereocenters. The van der Waals surface area contributed by atoms with Crippen molar-refractivity contribution in [2.75, 3.05) is 12.4 Å². The summed E-state index contributed by atoms with van der Waals surface area (Å²) in [4.78, 5) is 12.4. The second-order valence-corrected chi connectivity index (χ2v) is 7.80. The van der Waals surface area contributed by atoms with Crippen LogP contribution in [0.15, 0.2) is 54.9 Å². The highest BCUT2D eigenvalue weighted by Gasteiger charge is 2.35. The molecule has 35 heavy (non-hydrogen) atoms. The van der Waals surface area contributed by atoms with E-state index in [-0.39, 0.29) is 29.2 Å². The molecule has 0 aliphatic carbocycles. The minimum absolute atomic E-state index is 0.0497. The lowest BCUT2D eigenvalue weighted by atomic mass is 10.1. The van der Waals surface area contributed by atoms with E-state index in [4.69, 9.17) is 16.3 Å². The van der Waals surface area contributed by atoms with Gasteiger partial charge in [-0.1, -0.05) is 11.6 Å². The fourth-order valence-electron chi connectivity index (χ4n) is 3.44. The van der Waals surface area contributed by atoms with Crippen LogP contribution in [0.5, 0.6) is 0 Å². The van der Waals surface area contributed by atoms with E-state index in [9.17, 15) is 26.3 Å². The van der Waals surface area contributed by atoms with Crippen molar-refractivity contribution >= 4 is 33.9 Å². The summed E-state index contributed by atoms with van der Waals surface area (Å²) in [5, 5.41) is 2.80. The number of alkyl halides is 6. The summed E-state index contributed by atoms with van der Waals surface area (Å²) in [5.74, 6) is 0. The molecule has 0 amide bonds. The number of pyridine rings is 3. The van der Waals surface area contributed by atoms with Gasteiger partial charge in [-0.2, -0.15) is 26.3 Å². The van der Waals surface area contributed by atoms with Crippen LogP contribution in [-0.2, 0) is 23.7 Å². The lowest BCUT2D eigenvalue weighted by Crippen LogP contribution is -2.09. The summed E-state index contributed by atoms with van der Waals surface area (Å²) in [6.45, 7) is 0.0497. The van der Waals surface area contributed by atoms with Gasteiger partial charge in [-0.05, 0) is 42.5 Å². The summed E-state index contributed by atoms with van der Waals surface area (Å²) in [7, 11) is 1.43. The van der Waals surface area contributed by atoms with Crippen LogP contribution in [0.2, 0.25) is 5.02 Å². The number of rotatable bonds is 5. The third kappa shape index (κ3) is 5.30. The molecule has 0 radical (unpaired) electrons. The quantitative estimate of drug-likeness (QED) is 0.285. The van der Waals surface area contributed by atoms with E-state index in [0.29, 0.717) is 16.8 Å². The Balaban J connectivity index is 1.83. The highest BCUT2D eigenvalue weighted by atomic mass is 35.5. The molecule has 1 aromatic carbocycles. The van der Waals surface area contributed by atoms with Gasteiger partial charge in [0.05, 0.1) is 45.3 Å². The highest BCUT2D eigenvalue weighted by molar-refractivity contribution is 6.31. The third-order valence-electron chi connectivity index (χ3n) is 4.95. The predicted octanol–water partition coefficient (Wildman–Crippen LogP) is 7.27. The molecular weight excluding hydrogens is 498 g/mol. The lowest BCUT2D eigenvalue weighted by Gasteiger charge is -2.15. The minimum atomic E-state index is -4.66. The maximum atomic E-state index is 13.5. The van der Waals surface area contributed by atoms with E-state index in [0.717, 1.165) is 18.2 Å². The molecule has 0 saturated carbocycles. The van der Waals surface area contributed by atoms with Gasteiger partial charge in [0.1, 0.15) is 5.69 Å². The Kier molecular flexibility index (Phi) is 6.56. The number of hydrogen-bond acceptors (Lipinski definition) is 5. The van der Waals surface area contributed by atoms with Crippen molar-refractivity contribution in [1.29, 1.82) is 0 Å². The van der Waals surface area contributed by atoms with Crippen LogP contribution < -0.4 is 5.32 Å². The summed E-state index contributed by atoms with van der Waals surface area (Å²) in [6, 6.07) is 8.29. The number of methoxy groups -OCH3 is 1. The van der Waals surface area contributed by atoms with E-state index < -0.39 is 28.5 Å². The smallest absolute Gasteiger partial charge is 0.378 e. The number of anilines is 2. The molecular formula is C23H15ClF6N4O. The Bertz CT molecular complexity index is 1390. The van der Waals surface area contributed by atoms with Crippen molar-refractivity contribution < 1.29 is 31.1 Å². The van der Waals surface area contributed by atoms with Crippen molar-refractivity contribution in [1.82, 2.24) is 15.0 Å². The van der Waals surface area contributed by atoms with Crippen LogP contribution >= 0.6 is 11.6 Å². The van der Waals surface area contributed by atoms with Gasteiger partial charge in [0.2, 0.25) is 0 Å². The molecule has 4 rings (SSSR count). The second-order valence-electron chi connectivity index (χ2n) is 7.40. The number of nitrogens with one attached hydrogen (secondary N) is 1. The number of aromatic nitrogens is 3. The first-order valence-electron chi connectivity index (χ1n) is 9.92. The zero-order valence-electron chi connectivity index (χ0n) is 17.8. The van der Waals surface area contributed by atoms with Crippen LogP contribution in [0, 0.1) is 0 Å². The zero-order valence-corrected chi connectivity index (χ0v) is 18.6. The van der Waals surface area contributed by atoms with Crippen LogP contribution in [0.25, 0.3) is 22.3 Å². The Labute approximate surface area is 199 Å². The van der Waals surface area contributed by atoms with E-state index in [1.807, 2.05) is 0 Å². The van der Waals surface area contributed by atoms with Gasteiger partial charge in [-0.15, -0.1) is 0 Å². The van der Waals surface area contributed by atoms with Crippen LogP contribution in [0.4, 0.5) is 37.7 Å². The molecule has 182 valence electrons. The zero-order chi connectivity index (χ0) is 25.4. The molecule has 12 heteroatoms. The van der Waals surface area contributed by atoms with Gasteiger partial charge in [0, 0.05) is 30.6 Å². The Morgan fingerprint density at radius 1 is 0.943 bits per heavy atom. The monoisotopic (exact) mass is 512 g/mol. The normalized spacial score (nSPS) is 12.2. The molecule has 0 unspecified atom stereocenters. The fourth-order valence-corrected chi connectivity index (χ4v) is 3.67. The van der Waals surface area contributed by atoms with Gasteiger partial charge in [-0.3, -0.25) is 15.0 Å². The Hall–Kier alpha value is -3.44. The number of fused-ring (bicyclic) bond motifs is 1. The van der Waals surface area contributed by atoms with E-state index in [1.165, 1.54) is 37.7 Å². The molecule has 4 aromatic rings. The molecule has 0 fully saturated rings. The average molecular weight is 513 g/mol. The molecule has 3 aromatic heterocycles. The van der Waals surface area contributed by atoms with Gasteiger partial charge in [-0.25, -0.2) is 0 Å². The number of halogens is 7. The summed E-state index contributed by atoms with van der Waals surface area (Å²) >= 11 is 5.70. The molecule has 3 heterocycles. The van der Waals surface area contributed by atoms with E-state index >= 15 is 0 Å². The number of nitrogens with zero attached hydrogens (tertiary/aromatic N) is 3.